The van der Waals surface area contributed by atoms with Crippen molar-refractivity contribution in [2.75, 3.05) is 11.1 Å². The SMILES string of the molecule is O=C(Nc1scnc1-c1ccccc1)[C@@H]1SCCc2ccccc21. The summed E-state index contributed by atoms with van der Waals surface area (Å²) in [4.78, 5) is 17.3. The van der Waals surface area contributed by atoms with E-state index >= 15 is 0 Å². The molecule has 4 rings (SSSR count). The standard InChI is InChI=1S/C19H16N2OS2/c22-18(17-15-9-5-4-6-13(15)10-11-23-17)21-19-16(20-12-24-19)14-7-2-1-3-8-14/h1-9,12,17H,10-11H2,(H,21,22)/t17-/m1/s1. The molecule has 2 aromatic carbocycles. The fourth-order valence-corrected chi connectivity index (χ4v) is 4.82. The zero-order valence-corrected chi connectivity index (χ0v) is 14.6. The average molecular weight is 352 g/mol. The molecule has 3 aromatic rings. The highest BCUT2D eigenvalue weighted by Crippen LogP contribution is 2.38. The molecule has 1 atom stereocenters. The van der Waals surface area contributed by atoms with Crippen molar-refractivity contribution >= 4 is 34.0 Å². The van der Waals surface area contributed by atoms with E-state index in [9.17, 15) is 4.79 Å². The largest absolute Gasteiger partial charge is 0.315 e. The van der Waals surface area contributed by atoms with E-state index in [0.29, 0.717) is 0 Å². The molecular formula is C19H16N2OS2. The van der Waals surface area contributed by atoms with Gasteiger partial charge in [-0.1, -0.05) is 54.6 Å². The number of hydrogen-bond donors (Lipinski definition) is 1. The molecule has 24 heavy (non-hydrogen) atoms. The van der Waals surface area contributed by atoms with Crippen molar-refractivity contribution in [2.24, 2.45) is 0 Å². The van der Waals surface area contributed by atoms with E-state index in [1.54, 1.807) is 17.3 Å². The topological polar surface area (TPSA) is 42.0 Å². The number of hydrogen-bond acceptors (Lipinski definition) is 4. The summed E-state index contributed by atoms with van der Waals surface area (Å²) in [7, 11) is 0. The molecule has 1 amide bonds. The van der Waals surface area contributed by atoms with Crippen LogP contribution < -0.4 is 5.32 Å². The van der Waals surface area contributed by atoms with Gasteiger partial charge in [0.05, 0.1) is 5.51 Å². The Kier molecular flexibility index (Phi) is 4.36. The molecule has 0 aliphatic carbocycles. The first-order valence-electron chi connectivity index (χ1n) is 7.82. The number of thioether (sulfide) groups is 1. The lowest BCUT2D eigenvalue weighted by molar-refractivity contribution is -0.115. The second kappa shape index (κ2) is 6.79. The maximum absolute atomic E-state index is 12.9. The molecule has 0 unspecified atom stereocenters. The first-order chi connectivity index (χ1) is 11.8. The molecule has 3 nitrogen and oxygen atoms in total. The lowest BCUT2D eigenvalue weighted by Crippen LogP contribution is -2.22. The molecule has 1 aromatic heterocycles. The highest BCUT2D eigenvalue weighted by atomic mass is 32.2. The number of carbonyl (C=O) groups is 1. The van der Waals surface area contributed by atoms with Gasteiger partial charge in [0.15, 0.2) is 0 Å². The fraction of sp³-hybridized carbons (Fsp3) is 0.158. The molecule has 5 heteroatoms. The van der Waals surface area contributed by atoms with Gasteiger partial charge in [0, 0.05) is 5.56 Å². The minimum absolute atomic E-state index is 0.0357. The Bertz CT molecular complexity index is 861. The second-order valence-corrected chi connectivity index (χ2v) is 7.65. The van der Waals surface area contributed by atoms with Crippen LogP contribution in [-0.2, 0) is 11.2 Å². The number of rotatable bonds is 3. The van der Waals surface area contributed by atoms with Crippen molar-refractivity contribution in [3.63, 3.8) is 0 Å². The molecular weight excluding hydrogens is 336 g/mol. The Hall–Kier alpha value is -2.11. The first-order valence-corrected chi connectivity index (χ1v) is 9.75. The molecule has 1 aliphatic heterocycles. The van der Waals surface area contributed by atoms with Gasteiger partial charge in [0.1, 0.15) is 15.9 Å². The van der Waals surface area contributed by atoms with Gasteiger partial charge >= 0.3 is 0 Å². The maximum Gasteiger partial charge on any atom is 0.242 e. The van der Waals surface area contributed by atoms with Gasteiger partial charge in [-0.25, -0.2) is 4.98 Å². The van der Waals surface area contributed by atoms with Crippen LogP contribution in [0, 0.1) is 0 Å². The van der Waals surface area contributed by atoms with Crippen molar-refractivity contribution in [1.29, 1.82) is 0 Å². The summed E-state index contributed by atoms with van der Waals surface area (Å²) in [6.07, 6.45) is 1.03. The van der Waals surface area contributed by atoms with Gasteiger partial charge in [-0.3, -0.25) is 4.79 Å². The molecule has 0 saturated heterocycles. The molecule has 0 fully saturated rings. The molecule has 1 aliphatic rings. The number of nitrogens with one attached hydrogen (secondary N) is 1. The number of aromatic nitrogens is 1. The Labute approximate surface area is 149 Å². The van der Waals surface area contributed by atoms with Crippen LogP contribution in [0.15, 0.2) is 60.1 Å². The average Bonchev–Trinajstić information content (AvgIpc) is 3.10. The number of amides is 1. The van der Waals surface area contributed by atoms with E-state index in [2.05, 4.69) is 22.4 Å². The highest BCUT2D eigenvalue weighted by Gasteiger charge is 2.27. The summed E-state index contributed by atoms with van der Waals surface area (Å²) in [5, 5.41) is 3.76. The summed E-state index contributed by atoms with van der Waals surface area (Å²) >= 11 is 3.18. The lowest BCUT2D eigenvalue weighted by atomic mass is 10.0. The van der Waals surface area contributed by atoms with Crippen LogP contribution >= 0.6 is 23.1 Å². The van der Waals surface area contributed by atoms with Crippen LogP contribution in [0.25, 0.3) is 11.3 Å². The minimum atomic E-state index is -0.152. The normalized spacial score (nSPS) is 16.4. The molecule has 0 saturated carbocycles. The Balaban J connectivity index is 1.60. The summed E-state index contributed by atoms with van der Waals surface area (Å²) in [5.74, 6) is 1.01. The van der Waals surface area contributed by atoms with Crippen LogP contribution in [-0.4, -0.2) is 16.6 Å². The molecule has 120 valence electrons. The van der Waals surface area contributed by atoms with E-state index < -0.39 is 0 Å². The molecule has 2 heterocycles. The smallest absolute Gasteiger partial charge is 0.242 e. The number of thiazole rings is 1. The van der Waals surface area contributed by atoms with Gasteiger partial charge in [-0.15, -0.1) is 23.1 Å². The van der Waals surface area contributed by atoms with E-state index in [0.717, 1.165) is 34.0 Å². The molecule has 0 bridgehead atoms. The number of nitrogens with zero attached hydrogens (tertiary/aromatic N) is 1. The van der Waals surface area contributed by atoms with Gasteiger partial charge < -0.3 is 5.32 Å². The van der Waals surface area contributed by atoms with Crippen LogP contribution in [0.4, 0.5) is 5.00 Å². The Morgan fingerprint density at radius 3 is 2.75 bits per heavy atom. The maximum atomic E-state index is 12.9. The summed E-state index contributed by atoms with van der Waals surface area (Å²) in [5.41, 5.74) is 6.05. The third-order valence-electron chi connectivity index (χ3n) is 4.08. The Morgan fingerprint density at radius 2 is 1.88 bits per heavy atom. The number of fused-ring (bicyclic) bond motifs is 1. The van der Waals surface area contributed by atoms with Crippen molar-refractivity contribution in [3.05, 3.63) is 71.2 Å². The van der Waals surface area contributed by atoms with Crippen molar-refractivity contribution in [1.82, 2.24) is 4.98 Å². The predicted octanol–water partition coefficient (Wildman–Crippen LogP) is 4.78. The fourth-order valence-electron chi connectivity index (χ4n) is 2.93. The molecule has 0 spiro atoms. The lowest BCUT2D eigenvalue weighted by Gasteiger charge is -2.24. The van der Waals surface area contributed by atoms with Gasteiger partial charge in [0.25, 0.3) is 0 Å². The van der Waals surface area contributed by atoms with Crippen LogP contribution in [0.1, 0.15) is 16.4 Å². The quantitative estimate of drug-likeness (QED) is 0.738. The number of aryl methyl sites for hydroxylation is 1. The Morgan fingerprint density at radius 1 is 1.08 bits per heavy atom. The zero-order valence-electron chi connectivity index (χ0n) is 12.9. The van der Waals surface area contributed by atoms with E-state index in [4.69, 9.17) is 0 Å². The number of anilines is 1. The van der Waals surface area contributed by atoms with Crippen molar-refractivity contribution < 1.29 is 4.79 Å². The minimum Gasteiger partial charge on any atom is -0.315 e. The van der Waals surface area contributed by atoms with E-state index in [-0.39, 0.29) is 11.2 Å². The number of carbonyl (C=O) groups excluding carboxylic acids is 1. The summed E-state index contributed by atoms with van der Waals surface area (Å²) in [6, 6.07) is 18.2. The summed E-state index contributed by atoms with van der Waals surface area (Å²) < 4.78 is 0. The first kappa shape index (κ1) is 15.4. The number of benzene rings is 2. The van der Waals surface area contributed by atoms with Gasteiger partial charge in [-0.2, -0.15) is 0 Å². The second-order valence-electron chi connectivity index (χ2n) is 5.59. The predicted molar refractivity (Wildman–Crippen MR) is 102 cm³/mol. The van der Waals surface area contributed by atoms with Gasteiger partial charge in [0.2, 0.25) is 5.91 Å². The van der Waals surface area contributed by atoms with E-state index in [1.165, 1.54) is 16.9 Å². The van der Waals surface area contributed by atoms with Crippen molar-refractivity contribution in [2.45, 2.75) is 11.7 Å². The van der Waals surface area contributed by atoms with E-state index in [1.807, 2.05) is 42.5 Å². The van der Waals surface area contributed by atoms with Crippen LogP contribution in [0.3, 0.4) is 0 Å². The summed E-state index contributed by atoms with van der Waals surface area (Å²) in [6.45, 7) is 0. The van der Waals surface area contributed by atoms with Crippen molar-refractivity contribution in [3.8, 4) is 11.3 Å². The third kappa shape index (κ3) is 2.97. The third-order valence-corrected chi connectivity index (χ3v) is 6.07. The van der Waals surface area contributed by atoms with Crippen LogP contribution in [0.2, 0.25) is 0 Å². The zero-order chi connectivity index (χ0) is 16.4. The highest BCUT2D eigenvalue weighted by molar-refractivity contribution is 8.00. The monoisotopic (exact) mass is 352 g/mol. The molecule has 1 N–H and O–H groups in total. The van der Waals surface area contributed by atoms with Gasteiger partial charge in [-0.05, 0) is 23.3 Å². The van der Waals surface area contributed by atoms with Crippen LogP contribution in [0.5, 0.6) is 0 Å². The molecule has 0 radical (unpaired) electrons.